The first-order valence-corrected chi connectivity index (χ1v) is 8.31. The quantitative estimate of drug-likeness (QED) is 0.378. The van der Waals surface area contributed by atoms with E-state index in [0.29, 0.717) is 0 Å². The van der Waals surface area contributed by atoms with Gasteiger partial charge in [-0.2, -0.15) is 0 Å². The fourth-order valence-corrected chi connectivity index (χ4v) is 2.42. The molecular formula is C18H24ClIN4. The number of rotatable bonds is 7. The summed E-state index contributed by atoms with van der Waals surface area (Å²) in [5, 5.41) is 7.39. The summed E-state index contributed by atoms with van der Waals surface area (Å²) in [5.41, 5.74) is 2.42. The van der Waals surface area contributed by atoms with Gasteiger partial charge in [0.2, 0.25) is 0 Å². The fourth-order valence-electron chi connectivity index (χ4n) is 2.20. The largest absolute Gasteiger partial charge is 0.357 e. The highest BCUT2D eigenvalue weighted by molar-refractivity contribution is 14.0. The highest BCUT2D eigenvalue weighted by Gasteiger charge is 1.99. The molecule has 0 saturated heterocycles. The van der Waals surface area contributed by atoms with Gasteiger partial charge < -0.3 is 10.6 Å². The Morgan fingerprint density at radius 2 is 1.96 bits per heavy atom. The Labute approximate surface area is 166 Å². The lowest BCUT2D eigenvalue weighted by Crippen LogP contribution is -2.38. The molecule has 0 atom stereocenters. The highest BCUT2D eigenvalue weighted by atomic mass is 127. The number of aliphatic imine (C=N–C) groups is 1. The molecule has 2 aromatic rings. The minimum absolute atomic E-state index is 0. The van der Waals surface area contributed by atoms with E-state index in [2.05, 4.69) is 39.7 Å². The van der Waals surface area contributed by atoms with Gasteiger partial charge >= 0.3 is 0 Å². The predicted octanol–water partition coefficient (Wildman–Crippen LogP) is 3.69. The Balaban J connectivity index is 0.00000288. The third-order valence-corrected chi connectivity index (χ3v) is 3.57. The van der Waals surface area contributed by atoms with Crippen LogP contribution in [0.4, 0.5) is 0 Å². The van der Waals surface area contributed by atoms with E-state index in [1.165, 1.54) is 11.1 Å². The molecule has 0 fully saturated rings. The zero-order valence-electron chi connectivity index (χ0n) is 13.8. The molecule has 4 nitrogen and oxygen atoms in total. The van der Waals surface area contributed by atoms with Gasteiger partial charge in [0.25, 0.3) is 0 Å². The van der Waals surface area contributed by atoms with Crippen LogP contribution in [0, 0.1) is 0 Å². The Morgan fingerprint density at radius 1 is 1.12 bits per heavy atom. The molecule has 1 aromatic heterocycles. The van der Waals surface area contributed by atoms with E-state index in [4.69, 9.17) is 11.6 Å². The van der Waals surface area contributed by atoms with Crippen molar-refractivity contribution in [1.82, 2.24) is 15.6 Å². The summed E-state index contributed by atoms with van der Waals surface area (Å²) >= 11 is 6.00. The van der Waals surface area contributed by atoms with Gasteiger partial charge in [-0.05, 0) is 49.1 Å². The van der Waals surface area contributed by atoms with Crippen LogP contribution in [0.3, 0.4) is 0 Å². The molecule has 0 aliphatic carbocycles. The molecule has 0 saturated carbocycles. The Hall–Kier alpha value is -1.34. The van der Waals surface area contributed by atoms with Crippen LogP contribution < -0.4 is 10.6 Å². The van der Waals surface area contributed by atoms with E-state index in [1.807, 2.05) is 30.5 Å². The van der Waals surface area contributed by atoms with Gasteiger partial charge in [0.1, 0.15) is 0 Å². The molecule has 6 heteroatoms. The summed E-state index contributed by atoms with van der Waals surface area (Å²) in [5.74, 6) is 0.846. The van der Waals surface area contributed by atoms with Crippen molar-refractivity contribution in [2.45, 2.75) is 19.8 Å². The van der Waals surface area contributed by atoms with Gasteiger partial charge in [-0.1, -0.05) is 29.8 Å². The second-order valence-corrected chi connectivity index (χ2v) is 5.62. The molecule has 0 spiro atoms. The average molecular weight is 459 g/mol. The molecule has 2 rings (SSSR count). The lowest BCUT2D eigenvalue weighted by atomic mass is 10.1. The number of pyridine rings is 1. The Bertz CT molecular complexity index is 619. The van der Waals surface area contributed by atoms with Gasteiger partial charge in [0.05, 0.1) is 0 Å². The fraction of sp³-hybridized carbons (Fsp3) is 0.333. The summed E-state index contributed by atoms with van der Waals surface area (Å²) in [7, 11) is 0. The second-order valence-electron chi connectivity index (χ2n) is 5.18. The van der Waals surface area contributed by atoms with Gasteiger partial charge in [-0.25, -0.2) is 0 Å². The first kappa shape index (κ1) is 20.7. The summed E-state index contributed by atoms with van der Waals surface area (Å²) in [6.45, 7) is 4.46. The van der Waals surface area contributed by atoms with Crippen LogP contribution in [0.5, 0.6) is 0 Å². The molecule has 0 bridgehead atoms. The van der Waals surface area contributed by atoms with Gasteiger partial charge in [0.15, 0.2) is 5.96 Å². The van der Waals surface area contributed by atoms with Crippen LogP contribution in [0.1, 0.15) is 18.1 Å². The number of guanidine groups is 1. The van der Waals surface area contributed by atoms with E-state index < -0.39 is 0 Å². The molecule has 2 N–H and O–H groups in total. The molecule has 24 heavy (non-hydrogen) atoms. The van der Waals surface area contributed by atoms with E-state index in [1.54, 1.807) is 6.20 Å². The van der Waals surface area contributed by atoms with Crippen molar-refractivity contribution < 1.29 is 0 Å². The van der Waals surface area contributed by atoms with Crippen molar-refractivity contribution in [3.8, 4) is 0 Å². The summed E-state index contributed by atoms with van der Waals surface area (Å²) in [6, 6.07) is 12.0. The van der Waals surface area contributed by atoms with Crippen LogP contribution in [-0.2, 0) is 12.8 Å². The zero-order chi connectivity index (χ0) is 16.3. The molecule has 0 aliphatic rings. The third kappa shape index (κ3) is 7.97. The molecule has 130 valence electrons. The van der Waals surface area contributed by atoms with Crippen molar-refractivity contribution in [3.63, 3.8) is 0 Å². The van der Waals surface area contributed by atoms with Crippen LogP contribution in [-0.4, -0.2) is 30.6 Å². The molecule has 0 aliphatic heterocycles. The first-order chi connectivity index (χ1) is 11.3. The van der Waals surface area contributed by atoms with E-state index in [0.717, 1.165) is 43.5 Å². The normalized spacial score (nSPS) is 10.8. The number of halogens is 2. The van der Waals surface area contributed by atoms with Gasteiger partial charge in [0, 0.05) is 37.1 Å². The van der Waals surface area contributed by atoms with Crippen molar-refractivity contribution in [2.75, 3.05) is 19.6 Å². The maximum atomic E-state index is 6.00. The SMILES string of the molecule is CCNC(=NCCc1cccc(Cl)c1)NCCc1cccnc1.I. The van der Waals surface area contributed by atoms with E-state index in [9.17, 15) is 0 Å². The van der Waals surface area contributed by atoms with Gasteiger partial charge in [-0.15, -0.1) is 24.0 Å². The van der Waals surface area contributed by atoms with Crippen LogP contribution >= 0.6 is 35.6 Å². The van der Waals surface area contributed by atoms with Crippen LogP contribution in [0.15, 0.2) is 53.8 Å². The number of nitrogens with one attached hydrogen (secondary N) is 2. The van der Waals surface area contributed by atoms with Crippen LogP contribution in [0.2, 0.25) is 5.02 Å². The van der Waals surface area contributed by atoms with Crippen molar-refractivity contribution in [3.05, 3.63) is 64.9 Å². The molecule has 1 heterocycles. The molecule has 0 amide bonds. The lowest BCUT2D eigenvalue weighted by molar-refractivity contribution is 0.795. The molecule has 0 radical (unpaired) electrons. The Morgan fingerprint density at radius 3 is 2.67 bits per heavy atom. The van der Waals surface area contributed by atoms with Crippen molar-refractivity contribution in [1.29, 1.82) is 0 Å². The number of benzene rings is 1. The summed E-state index contributed by atoms with van der Waals surface area (Å²) < 4.78 is 0. The Kier molecular flexibility index (Phi) is 10.4. The smallest absolute Gasteiger partial charge is 0.191 e. The van der Waals surface area contributed by atoms with E-state index >= 15 is 0 Å². The van der Waals surface area contributed by atoms with Gasteiger partial charge in [-0.3, -0.25) is 9.98 Å². The summed E-state index contributed by atoms with van der Waals surface area (Å²) in [4.78, 5) is 8.73. The predicted molar refractivity (Wildman–Crippen MR) is 112 cm³/mol. The number of hydrogen-bond acceptors (Lipinski definition) is 2. The molecule has 0 unspecified atom stereocenters. The average Bonchev–Trinajstić information content (AvgIpc) is 2.56. The zero-order valence-corrected chi connectivity index (χ0v) is 16.9. The lowest BCUT2D eigenvalue weighted by Gasteiger charge is -2.11. The van der Waals surface area contributed by atoms with Crippen molar-refractivity contribution >= 4 is 41.5 Å². The van der Waals surface area contributed by atoms with Crippen LogP contribution in [0.25, 0.3) is 0 Å². The maximum Gasteiger partial charge on any atom is 0.191 e. The number of hydrogen-bond donors (Lipinski definition) is 2. The maximum absolute atomic E-state index is 6.00. The second kappa shape index (κ2) is 12.1. The van der Waals surface area contributed by atoms with Crippen molar-refractivity contribution in [2.24, 2.45) is 4.99 Å². The minimum Gasteiger partial charge on any atom is -0.357 e. The van der Waals surface area contributed by atoms with E-state index in [-0.39, 0.29) is 24.0 Å². The molecular weight excluding hydrogens is 435 g/mol. The minimum atomic E-state index is 0. The first-order valence-electron chi connectivity index (χ1n) is 7.93. The number of nitrogens with zero attached hydrogens (tertiary/aromatic N) is 2. The standard InChI is InChI=1S/C18H23ClN4.HI/c1-2-21-18(23-12-9-16-6-4-10-20-14-16)22-11-8-15-5-3-7-17(19)13-15;/h3-7,10,13-14H,2,8-9,11-12H2,1H3,(H2,21,22,23);1H. The topological polar surface area (TPSA) is 49.3 Å². The highest BCUT2D eigenvalue weighted by Crippen LogP contribution is 2.10. The summed E-state index contributed by atoms with van der Waals surface area (Å²) in [6.07, 6.45) is 5.48. The number of aromatic nitrogens is 1. The molecule has 1 aromatic carbocycles. The third-order valence-electron chi connectivity index (χ3n) is 3.33. The monoisotopic (exact) mass is 458 g/mol.